The number of ether oxygens (including phenoxy) is 1. The van der Waals surface area contributed by atoms with Gasteiger partial charge in [-0.05, 0) is 43.9 Å². The molecule has 0 spiro atoms. The zero-order valence-electron chi connectivity index (χ0n) is 12.4. The van der Waals surface area contributed by atoms with Crippen LogP contribution in [0.25, 0.3) is 0 Å². The third-order valence-electron chi connectivity index (χ3n) is 4.04. The van der Waals surface area contributed by atoms with E-state index in [1.807, 2.05) is 31.2 Å². The van der Waals surface area contributed by atoms with Crippen LogP contribution in [0.5, 0.6) is 5.75 Å². The summed E-state index contributed by atoms with van der Waals surface area (Å²) in [6, 6.07) is 6.65. The summed E-state index contributed by atoms with van der Waals surface area (Å²) in [5.74, 6) is -0.725. The van der Waals surface area contributed by atoms with Gasteiger partial charge in [0.2, 0.25) is 5.91 Å². The van der Waals surface area contributed by atoms with E-state index in [0.717, 1.165) is 18.4 Å². The Morgan fingerprint density at radius 1 is 1.38 bits per heavy atom. The largest absolute Gasteiger partial charge is 0.497 e. The van der Waals surface area contributed by atoms with Crippen molar-refractivity contribution in [2.75, 3.05) is 13.7 Å². The maximum absolute atomic E-state index is 12.6. The lowest BCUT2D eigenvalue weighted by molar-refractivity contribution is -0.152. The fourth-order valence-corrected chi connectivity index (χ4v) is 2.75. The Labute approximate surface area is 124 Å². The maximum atomic E-state index is 12.6. The topological polar surface area (TPSA) is 66.8 Å². The molecule has 1 saturated heterocycles. The van der Waals surface area contributed by atoms with Crippen LogP contribution in [0, 0.1) is 0 Å². The van der Waals surface area contributed by atoms with Gasteiger partial charge in [0.05, 0.1) is 13.0 Å². The molecule has 1 aliphatic heterocycles. The Kier molecular flexibility index (Phi) is 4.83. The first-order valence-electron chi connectivity index (χ1n) is 7.22. The van der Waals surface area contributed by atoms with Gasteiger partial charge in [0.15, 0.2) is 0 Å². The molecule has 1 heterocycles. The molecule has 2 rings (SSSR count). The predicted octanol–water partition coefficient (Wildman–Crippen LogP) is 2.26. The molecular formula is C16H21NO4. The number of carboxylic acids is 1. The average molecular weight is 291 g/mol. The molecule has 0 radical (unpaired) electrons. The van der Waals surface area contributed by atoms with Crippen molar-refractivity contribution in [3.8, 4) is 5.75 Å². The first-order chi connectivity index (χ1) is 10.0. The van der Waals surface area contributed by atoms with E-state index in [1.165, 1.54) is 4.90 Å². The molecule has 1 aromatic carbocycles. The van der Waals surface area contributed by atoms with Gasteiger partial charge in [-0.15, -0.1) is 0 Å². The number of hydrogen-bond donors (Lipinski definition) is 1. The number of rotatable bonds is 4. The smallest absolute Gasteiger partial charge is 0.326 e. The highest BCUT2D eigenvalue weighted by Crippen LogP contribution is 2.26. The Morgan fingerprint density at radius 2 is 2.14 bits per heavy atom. The number of aliphatic carboxylic acids is 1. The molecule has 1 aromatic rings. The molecule has 5 heteroatoms. The number of carbonyl (C=O) groups excluding carboxylic acids is 1. The van der Waals surface area contributed by atoms with Gasteiger partial charge in [0.1, 0.15) is 11.8 Å². The molecule has 1 unspecified atom stereocenters. The van der Waals surface area contributed by atoms with E-state index < -0.39 is 12.0 Å². The summed E-state index contributed by atoms with van der Waals surface area (Å²) >= 11 is 0. The molecule has 0 aliphatic carbocycles. The van der Waals surface area contributed by atoms with Gasteiger partial charge in [0, 0.05) is 6.54 Å². The Bertz CT molecular complexity index is 529. The van der Waals surface area contributed by atoms with Crippen molar-refractivity contribution in [2.24, 2.45) is 0 Å². The number of likely N-dealkylation sites (tertiary alicyclic amines) is 1. The van der Waals surface area contributed by atoms with E-state index in [9.17, 15) is 14.7 Å². The minimum absolute atomic E-state index is 0.129. The van der Waals surface area contributed by atoms with Crippen LogP contribution in [0.15, 0.2) is 24.3 Å². The van der Waals surface area contributed by atoms with Crippen molar-refractivity contribution in [1.82, 2.24) is 4.90 Å². The first-order valence-corrected chi connectivity index (χ1v) is 7.22. The lowest BCUT2D eigenvalue weighted by atomic mass is 9.95. The molecule has 5 nitrogen and oxygen atoms in total. The molecule has 2 atom stereocenters. The van der Waals surface area contributed by atoms with Gasteiger partial charge >= 0.3 is 5.97 Å². The van der Waals surface area contributed by atoms with Gasteiger partial charge in [-0.1, -0.05) is 12.1 Å². The third kappa shape index (κ3) is 3.35. The van der Waals surface area contributed by atoms with Gasteiger partial charge in [-0.3, -0.25) is 4.79 Å². The number of carbonyl (C=O) groups is 2. The molecular weight excluding hydrogens is 270 g/mol. The van der Waals surface area contributed by atoms with E-state index in [2.05, 4.69) is 0 Å². The molecule has 114 valence electrons. The summed E-state index contributed by atoms with van der Waals surface area (Å²) in [6.07, 6.45) is 2.25. The molecule has 0 bridgehead atoms. The van der Waals surface area contributed by atoms with Gasteiger partial charge in [-0.25, -0.2) is 4.79 Å². The first kappa shape index (κ1) is 15.4. The third-order valence-corrected chi connectivity index (χ3v) is 4.04. The Hall–Kier alpha value is -2.04. The summed E-state index contributed by atoms with van der Waals surface area (Å²) in [5, 5.41) is 9.28. The second kappa shape index (κ2) is 6.61. The quantitative estimate of drug-likeness (QED) is 0.924. The minimum atomic E-state index is -0.916. The molecule has 1 N–H and O–H groups in total. The van der Waals surface area contributed by atoms with Gasteiger partial charge < -0.3 is 14.7 Å². The fraction of sp³-hybridized carbons (Fsp3) is 0.500. The molecule has 1 aliphatic rings. The zero-order chi connectivity index (χ0) is 15.4. The highest BCUT2D eigenvalue weighted by atomic mass is 16.5. The van der Waals surface area contributed by atoms with Crippen LogP contribution < -0.4 is 4.74 Å². The normalized spacial score (nSPS) is 19.9. The van der Waals surface area contributed by atoms with E-state index in [0.29, 0.717) is 18.7 Å². The van der Waals surface area contributed by atoms with E-state index >= 15 is 0 Å². The van der Waals surface area contributed by atoms with Crippen molar-refractivity contribution in [1.29, 1.82) is 0 Å². The van der Waals surface area contributed by atoms with Crippen LogP contribution in [0.2, 0.25) is 0 Å². The van der Waals surface area contributed by atoms with Crippen molar-refractivity contribution in [3.05, 3.63) is 29.8 Å². The zero-order valence-corrected chi connectivity index (χ0v) is 12.4. The van der Waals surface area contributed by atoms with Crippen molar-refractivity contribution in [3.63, 3.8) is 0 Å². The second-order valence-electron chi connectivity index (χ2n) is 5.38. The van der Waals surface area contributed by atoms with Crippen LogP contribution in [0.4, 0.5) is 0 Å². The van der Waals surface area contributed by atoms with Crippen molar-refractivity contribution in [2.45, 2.75) is 38.1 Å². The van der Waals surface area contributed by atoms with Crippen LogP contribution >= 0.6 is 0 Å². The van der Waals surface area contributed by atoms with Gasteiger partial charge in [0.25, 0.3) is 0 Å². The van der Waals surface area contributed by atoms with Crippen molar-refractivity contribution >= 4 is 11.9 Å². The summed E-state index contributed by atoms with van der Waals surface area (Å²) in [7, 11) is 1.58. The second-order valence-corrected chi connectivity index (χ2v) is 5.38. The van der Waals surface area contributed by atoms with Crippen molar-refractivity contribution < 1.29 is 19.4 Å². The van der Waals surface area contributed by atoms with Crippen LogP contribution in [0.3, 0.4) is 0 Å². The van der Waals surface area contributed by atoms with Gasteiger partial charge in [-0.2, -0.15) is 0 Å². The number of methoxy groups -OCH3 is 1. The monoisotopic (exact) mass is 291 g/mol. The highest BCUT2D eigenvalue weighted by molar-refractivity contribution is 5.88. The number of hydrogen-bond acceptors (Lipinski definition) is 3. The summed E-state index contributed by atoms with van der Waals surface area (Å²) in [5.41, 5.74) is 0.842. The summed E-state index contributed by atoms with van der Waals surface area (Å²) < 4.78 is 5.17. The van der Waals surface area contributed by atoms with E-state index in [1.54, 1.807) is 7.11 Å². The summed E-state index contributed by atoms with van der Waals surface area (Å²) in [4.78, 5) is 25.5. The summed E-state index contributed by atoms with van der Waals surface area (Å²) in [6.45, 7) is 2.33. The van der Waals surface area contributed by atoms with Crippen LogP contribution in [0.1, 0.15) is 37.7 Å². The average Bonchev–Trinajstić information content (AvgIpc) is 2.53. The molecule has 21 heavy (non-hydrogen) atoms. The van der Waals surface area contributed by atoms with E-state index in [4.69, 9.17) is 4.74 Å². The number of carboxylic acid groups (broad SMARTS) is 1. The Morgan fingerprint density at radius 3 is 2.81 bits per heavy atom. The molecule has 0 saturated carbocycles. The number of amides is 1. The number of piperidine rings is 1. The molecule has 0 aromatic heterocycles. The lowest BCUT2D eigenvalue weighted by Crippen LogP contribution is -2.49. The number of benzene rings is 1. The Balaban J connectivity index is 2.18. The SMILES string of the molecule is COc1cccc(C(C)C(=O)N2CCCC[C@@H]2C(=O)O)c1. The minimum Gasteiger partial charge on any atom is -0.497 e. The standard InChI is InChI=1S/C16H21NO4/c1-11(12-6-5-7-13(10-12)21-2)15(18)17-9-4-3-8-14(17)16(19)20/h5-7,10-11,14H,3-4,8-9H2,1-2H3,(H,19,20)/t11?,14-/m1/s1. The fourth-order valence-electron chi connectivity index (χ4n) is 2.75. The van der Waals surface area contributed by atoms with Crippen LogP contribution in [-0.2, 0) is 9.59 Å². The predicted molar refractivity (Wildman–Crippen MR) is 78.4 cm³/mol. The van der Waals surface area contributed by atoms with Crippen LogP contribution in [-0.4, -0.2) is 41.6 Å². The molecule has 1 fully saturated rings. The van der Waals surface area contributed by atoms with E-state index in [-0.39, 0.29) is 11.8 Å². The highest BCUT2D eigenvalue weighted by Gasteiger charge is 2.34. The lowest BCUT2D eigenvalue weighted by Gasteiger charge is -2.34. The molecule has 1 amide bonds. The number of nitrogens with zero attached hydrogens (tertiary/aromatic N) is 1. The maximum Gasteiger partial charge on any atom is 0.326 e.